The van der Waals surface area contributed by atoms with Crippen molar-refractivity contribution in [1.82, 2.24) is 30.0 Å². The van der Waals surface area contributed by atoms with Gasteiger partial charge in [0.2, 0.25) is 0 Å². The highest BCUT2D eigenvalue weighted by atomic mass is 16.6. The van der Waals surface area contributed by atoms with Gasteiger partial charge in [-0.15, -0.1) is 5.10 Å². The molecule has 2 amide bonds. The first-order valence-electron chi connectivity index (χ1n) is 8.65. The average Bonchev–Trinajstić information content (AvgIpc) is 3.30. The van der Waals surface area contributed by atoms with Gasteiger partial charge in [0.05, 0.1) is 12.1 Å². The van der Waals surface area contributed by atoms with Crippen LogP contribution in [-0.4, -0.2) is 73.8 Å². The number of hydrogen-bond acceptors (Lipinski definition) is 6. The molecule has 1 aromatic heterocycles. The average molecular weight is 356 g/mol. The summed E-state index contributed by atoms with van der Waals surface area (Å²) in [7, 11) is 0. The van der Waals surface area contributed by atoms with E-state index in [-0.39, 0.29) is 12.0 Å². The number of aromatic nitrogens is 4. The summed E-state index contributed by atoms with van der Waals surface area (Å²) in [5.74, 6) is -0.0224. The highest BCUT2D eigenvalue weighted by Crippen LogP contribution is 2.32. The summed E-state index contributed by atoms with van der Waals surface area (Å²) >= 11 is 0. The Kier molecular flexibility index (Phi) is 4.06. The number of fused-ring (bicyclic) bond motifs is 1. The second-order valence-electron chi connectivity index (χ2n) is 6.72. The van der Waals surface area contributed by atoms with Crippen LogP contribution in [0.4, 0.5) is 4.79 Å². The van der Waals surface area contributed by atoms with Crippen molar-refractivity contribution in [3.05, 3.63) is 41.7 Å². The normalized spacial score (nSPS) is 22.3. The Hall–Kier alpha value is -2.97. The number of benzene rings is 1. The molecule has 2 saturated heterocycles. The van der Waals surface area contributed by atoms with Crippen LogP contribution in [0.15, 0.2) is 30.6 Å². The maximum absolute atomic E-state index is 12.9. The van der Waals surface area contributed by atoms with Crippen LogP contribution >= 0.6 is 0 Å². The zero-order valence-electron chi connectivity index (χ0n) is 14.5. The van der Waals surface area contributed by atoms with Crippen molar-refractivity contribution in [3.63, 3.8) is 0 Å². The third-order valence-corrected chi connectivity index (χ3v) is 5.22. The Bertz CT molecular complexity index is 806. The van der Waals surface area contributed by atoms with E-state index in [2.05, 4.69) is 15.5 Å². The van der Waals surface area contributed by atoms with Gasteiger partial charge in [0.15, 0.2) is 0 Å². The molecule has 4 rings (SSSR count). The van der Waals surface area contributed by atoms with Crippen molar-refractivity contribution in [1.29, 1.82) is 0 Å². The highest BCUT2D eigenvalue weighted by Gasteiger charge is 2.50. The summed E-state index contributed by atoms with van der Waals surface area (Å²) in [6, 6.07) is 7.46. The molecule has 0 aliphatic carbocycles. The maximum atomic E-state index is 12.9. The second-order valence-corrected chi connectivity index (χ2v) is 6.72. The standard InChI is InChI=1S/C17H20N6O3/c1-2-17-10-21(7-8-23(17)16(25)26-11-17)15(24)14-5-3-13(4-6-14)9-22-12-18-19-20-22/h3-6,12H,2,7-11H2,1H3. The monoisotopic (exact) mass is 356 g/mol. The van der Waals surface area contributed by atoms with Gasteiger partial charge >= 0.3 is 6.09 Å². The summed E-state index contributed by atoms with van der Waals surface area (Å²) in [5.41, 5.74) is 1.25. The summed E-state index contributed by atoms with van der Waals surface area (Å²) in [6.07, 6.45) is 2.03. The zero-order valence-corrected chi connectivity index (χ0v) is 14.5. The largest absolute Gasteiger partial charge is 0.447 e. The van der Waals surface area contributed by atoms with Crippen molar-refractivity contribution < 1.29 is 14.3 Å². The first-order valence-corrected chi connectivity index (χ1v) is 8.65. The summed E-state index contributed by atoms with van der Waals surface area (Å²) in [4.78, 5) is 28.4. The molecule has 0 radical (unpaired) electrons. The fourth-order valence-electron chi connectivity index (χ4n) is 3.61. The molecule has 1 unspecified atom stereocenters. The second kappa shape index (κ2) is 6.40. The number of carbonyl (C=O) groups is 2. The SMILES string of the molecule is CCC12COC(=O)N1CCN(C(=O)c1ccc(Cn3cnnn3)cc1)C2. The van der Waals surface area contributed by atoms with Gasteiger partial charge in [0, 0.05) is 25.2 Å². The van der Waals surface area contributed by atoms with E-state index >= 15 is 0 Å². The Labute approximate surface area is 150 Å². The molecule has 3 heterocycles. The molecule has 136 valence electrons. The van der Waals surface area contributed by atoms with Crippen molar-refractivity contribution in [2.75, 3.05) is 26.2 Å². The van der Waals surface area contributed by atoms with Crippen LogP contribution in [-0.2, 0) is 11.3 Å². The molecule has 0 spiro atoms. The van der Waals surface area contributed by atoms with Crippen LogP contribution in [0.25, 0.3) is 0 Å². The van der Waals surface area contributed by atoms with Gasteiger partial charge in [0.25, 0.3) is 5.91 Å². The van der Waals surface area contributed by atoms with Crippen molar-refractivity contribution in [2.45, 2.75) is 25.4 Å². The molecule has 0 saturated carbocycles. The van der Waals surface area contributed by atoms with Gasteiger partial charge in [-0.05, 0) is 34.5 Å². The molecule has 1 aromatic carbocycles. The number of rotatable bonds is 4. The Morgan fingerprint density at radius 3 is 2.77 bits per heavy atom. The number of ether oxygens (including phenoxy) is 1. The topological polar surface area (TPSA) is 93.5 Å². The van der Waals surface area contributed by atoms with Gasteiger partial charge in [-0.1, -0.05) is 19.1 Å². The molecule has 2 fully saturated rings. The van der Waals surface area contributed by atoms with E-state index < -0.39 is 5.54 Å². The first-order chi connectivity index (χ1) is 12.6. The van der Waals surface area contributed by atoms with E-state index in [0.717, 1.165) is 12.0 Å². The maximum Gasteiger partial charge on any atom is 0.410 e. The molecule has 2 aliphatic heterocycles. The number of amides is 2. The summed E-state index contributed by atoms with van der Waals surface area (Å²) in [6.45, 7) is 4.45. The molecule has 9 nitrogen and oxygen atoms in total. The third-order valence-electron chi connectivity index (χ3n) is 5.22. The highest BCUT2D eigenvalue weighted by molar-refractivity contribution is 5.94. The number of hydrogen-bond donors (Lipinski definition) is 0. The van der Waals surface area contributed by atoms with E-state index in [1.54, 1.807) is 15.9 Å². The van der Waals surface area contributed by atoms with Gasteiger partial charge in [0.1, 0.15) is 12.9 Å². The predicted molar refractivity (Wildman–Crippen MR) is 90.3 cm³/mol. The Balaban J connectivity index is 1.46. The van der Waals surface area contributed by atoms with Crippen molar-refractivity contribution in [2.24, 2.45) is 0 Å². The van der Waals surface area contributed by atoms with Crippen LogP contribution < -0.4 is 0 Å². The number of tetrazole rings is 1. The van der Waals surface area contributed by atoms with Crippen LogP contribution in [0, 0.1) is 0 Å². The minimum atomic E-state index is -0.398. The molecule has 0 N–H and O–H groups in total. The van der Waals surface area contributed by atoms with Crippen molar-refractivity contribution in [3.8, 4) is 0 Å². The van der Waals surface area contributed by atoms with Gasteiger partial charge in [-0.25, -0.2) is 9.48 Å². The number of cyclic esters (lactones) is 1. The predicted octanol–water partition coefficient (Wildman–Crippen LogP) is 0.778. The number of nitrogens with zero attached hydrogens (tertiary/aromatic N) is 6. The van der Waals surface area contributed by atoms with E-state index in [1.165, 1.54) is 0 Å². The lowest BCUT2D eigenvalue weighted by Crippen LogP contribution is -2.62. The van der Waals surface area contributed by atoms with Gasteiger partial charge in [-0.3, -0.25) is 9.69 Å². The number of piperazine rings is 1. The Morgan fingerprint density at radius 1 is 1.27 bits per heavy atom. The van der Waals surface area contributed by atoms with E-state index in [0.29, 0.717) is 38.3 Å². The Morgan fingerprint density at radius 2 is 2.08 bits per heavy atom. The molecule has 2 aromatic rings. The minimum absolute atomic E-state index is 0.0224. The van der Waals surface area contributed by atoms with Crippen molar-refractivity contribution >= 4 is 12.0 Å². The molecular weight excluding hydrogens is 336 g/mol. The molecule has 26 heavy (non-hydrogen) atoms. The van der Waals surface area contributed by atoms with E-state index in [9.17, 15) is 9.59 Å². The summed E-state index contributed by atoms with van der Waals surface area (Å²) < 4.78 is 6.85. The first kappa shape index (κ1) is 16.5. The van der Waals surface area contributed by atoms with Crippen LogP contribution in [0.2, 0.25) is 0 Å². The molecule has 9 heteroatoms. The van der Waals surface area contributed by atoms with Crippen LogP contribution in [0.5, 0.6) is 0 Å². The fourth-order valence-corrected chi connectivity index (χ4v) is 3.61. The third kappa shape index (κ3) is 2.79. The van der Waals surface area contributed by atoms with E-state index in [4.69, 9.17) is 4.74 Å². The fraction of sp³-hybridized carbons (Fsp3) is 0.471. The lowest BCUT2D eigenvalue weighted by Gasteiger charge is -2.44. The molecule has 2 aliphatic rings. The van der Waals surface area contributed by atoms with Gasteiger partial charge < -0.3 is 9.64 Å². The minimum Gasteiger partial charge on any atom is -0.447 e. The van der Waals surface area contributed by atoms with Crippen LogP contribution in [0.1, 0.15) is 29.3 Å². The molecule has 0 bridgehead atoms. The zero-order chi connectivity index (χ0) is 18.1. The lowest BCUT2D eigenvalue weighted by atomic mass is 9.92. The number of carbonyl (C=O) groups excluding carboxylic acids is 2. The van der Waals surface area contributed by atoms with E-state index in [1.807, 2.05) is 36.1 Å². The van der Waals surface area contributed by atoms with Crippen LogP contribution in [0.3, 0.4) is 0 Å². The summed E-state index contributed by atoms with van der Waals surface area (Å²) in [5, 5.41) is 11.0. The molecule has 1 atom stereocenters. The lowest BCUT2D eigenvalue weighted by molar-refractivity contribution is 0.0362. The quantitative estimate of drug-likeness (QED) is 0.804. The van der Waals surface area contributed by atoms with Gasteiger partial charge in [-0.2, -0.15) is 0 Å². The smallest absolute Gasteiger partial charge is 0.410 e. The molecular formula is C17H20N6O3.